The molecule has 0 heterocycles. The van der Waals surface area contributed by atoms with E-state index in [4.69, 9.17) is 5.14 Å². The molecule has 0 saturated heterocycles. The third-order valence-electron chi connectivity index (χ3n) is 1.86. The van der Waals surface area contributed by atoms with Crippen molar-refractivity contribution >= 4 is 10.0 Å². The lowest BCUT2D eigenvalue weighted by Crippen LogP contribution is -2.00. The average molecular weight is 198 g/mol. The van der Waals surface area contributed by atoms with E-state index in [9.17, 15) is 8.42 Å². The second-order valence-electron chi connectivity index (χ2n) is 3.23. The van der Waals surface area contributed by atoms with E-state index < -0.39 is 10.0 Å². The van der Waals surface area contributed by atoms with Crippen LogP contribution < -0.4 is 5.14 Å². The average Bonchev–Trinajstić information content (AvgIpc) is 2.03. The van der Waals surface area contributed by atoms with E-state index in [-0.39, 0.29) is 4.90 Å². The smallest absolute Gasteiger partial charge is 0.206 e. The first-order chi connectivity index (χ1) is 5.91. The van der Waals surface area contributed by atoms with Gasteiger partial charge in [-0.05, 0) is 23.6 Å². The largest absolute Gasteiger partial charge is 0.254 e. The molecule has 0 spiro atoms. The molecule has 0 aromatic heterocycles. The fourth-order valence-electron chi connectivity index (χ4n) is 1.03. The Morgan fingerprint density at radius 2 is 1.62 bits per heavy atom. The maximum Gasteiger partial charge on any atom is 0.254 e. The molecule has 1 N–H and O–H groups in total. The van der Waals surface area contributed by atoms with Gasteiger partial charge in [0.1, 0.15) is 0 Å². The minimum absolute atomic E-state index is 0.0527. The van der Waals surface area contributed by atoms with E-state index in [0.29, 0.717) is 5.92 Å². The Labute approximate surface area is 78.6 Å². The summed E-state index contributed by atoms with van der Waals surface area (Å²) in [5.41, 5.74) is 1.08. The lowest BCUT2D eigenvalue weighted by molar-refractivity contribution is 0.596. The molecule has 1 radical (unpaired) electrons. The maximum absolute atomic E-state index is 10.8. The van der Waals surface area contributed by atoms with Crippen LogP contribution in [0.25, 0.3) is 0 Å². The third-order valence-corrected chi connectivity index (χ3v) is 2.75. The molecule has 0 aliphatic heterocycles. The van der Waals surface area contributed by atoms with Crippen LogP contribution in [0.2, 0.25) is 0 Å². The summed E-state index contributed by atoms with van der Waals surface area (Å²) in [6.07, 6.45) is 0. The predicted molar refractivity (Wildman–Crippen MR) is 50.8 cm³/mol. The number of rotatable bonds is 2. The van der Waals surface area contributed by atoms with Gasteiger partial charge in [0.05, 0.1) is 4.90 Å². The summed E-state index contributed by atoms with van der Waals surface area (Å²) in [4.78, 5) is 0.0527. The van der Waals surface area contributed by atoms with Gasteiger partial charge in [-0.25, -0.2) is 8.42 Å². The molecule has 1 aromatic rings. The zero-order chi connectivity index (χ0) is 10.1. The van der Waals surface area contributed by atoms with E-state index in [1.54, 1.807) is 12.1 Å². The third kappa shape index (κ3) is 2.54. The van der Waals surface area contributed by atoms with Gasteiger partial charge in [-0.3, -0.25) is 0 Å². The summed E-state index contributed by atoms with van der Waals surface area (Å²) < 4.78 is 21.6. The van der Waals surface area contributed by atoms with Crippen molar-refractivity contribution in [2.24, 2.45) is 0 Å². The van der Waals surface area contributed by atoms with Crippen molar-refractivity contribution in [1.82, 2.24) is 5.14 Å². The van der Waals surface area contributed by atoms with Crippen LogP contribution >= 0.6 is 0 Å². The van der Waals surface area contributed by atoms with Crippen molar-refractivity contribution in [1.29, 1.82) is 0 Å². The quantitative estimate of drug-likeness (QED) is 0.727. The van der Waals surface area contributed by atoms with Crippen molar-refractivity contribution in [3.8, 4) is 0 Å². The van der Waals surface area contributed by atoms with Crippen molar-refractivity contribution < 1.29 is 8.42 Å². The Morgan fingerprint density at radius 3 is 1.92 bits per heavy atom. The second-order valence-corrected chi connectivity index (χ2v) is 4.71. The first-order valence-corrected chi connectivity index (χ1v) is 5.49. The molecule has 1 rings (SSSR count). The molecule has 13 heavy (non-hydrogen) atoms. The molecule has 0 saturated carbocycles. The summed E-state index contributed by atoms with van der Waals surface area (Å²) in [7, 11) is -3.80. The normalized spacial score (nSPS) is 12.0. The highest BCUT2D eigenvalue weighted by molar-refractivity contribution is 7.88. The molecule has 0 aliphatic carbocycles. The first kappa shape index (κ1) is 10.2. The summed E-state index contributed by atoms with van der Waals surface area (Å²) in [6, 6.07) is 6.42. The monoisotopic (exact) mass is 198 g/mol. The minimum Gasteiger partial charge on any atom is -0.206 e. The van der Waals surface area contributed by atoms with Crippen LogP contribution in [0.5, 0.6) is 0 Å². The van der Waals surface area contributed by atoms with Crippen LogP contribution in [0.4, 0.5) is 0 Å². The molecular formula is C9H12NO2S. The SMILES string of the molecule is CC(C)c1ccc(S([NH])(=O)=O)cc1. The van der Waals surface area contributed by atoms with E-state index in [1.165, 1.54) is 12.1 Å². The van der Waals surface area contributed by atoms with Crippen molar-refractivity contribution in [3.05, 3.63) is 29.8 Å². The van der Waals surface area contributed by atoms with Crippen molar-refractivity contribution in [2.45, 2.75) is 24.7 Å². The summed E-state index contributed by atoms with van der Waals surface area (Å²) in [5, 5.41) is 6.82. The Bertz CT molecular complexity index is 379. The van der Waals surface area contributed by atoms with Gasteiger partial charge in [0.2, 0.25) is 0 Å². The molecule has 0 amide bonds. The van der Waals surface area contributed by atoms with E-state index >= 15 is 0 Å². The highest BCUT2D eigenvalue weighted by Crippen LogP contribution is 2.16. The number of sulfonamides is 1. The number of hydrogen-bond acceptors (Lipinski definition) is 2. The highest BCUT2D eigenvalue weighted by atomic mass is 32.2. The molecule has 0 bridgehead atoms. The molecule has 1 aromatic carbocycles. The van der Waals surface area contributed by atoms with Gasteiger partial charge in [-0.2, -0.15) is 0 Å². The van der Waals surface area contributed by atoms with Crippen LogP contribution in [0.15, 0.2) is 29.2 Å². The predicted octanol–water partition coefficient (Wildman–Crippen LogP) is 1.78. The minimum atomic E-state index is -3.80. The molecular weight excluding hydrogens is 186 g/mol. The molecule has 3 nitrogen and oxygen atoms in total. The van der Waals surface area contributed by atoms with Gasteiger partial charge < -0.3 is 0 Å². The van der Waals surface area contributed by atoms with Crippen molar-refractivity contribution in [3.63, 3.8) is 0 Å². The zero-order valence-electron chi connectivity index (χ0n) is 7.61. The van der Waals surface area contributed by atoms with Crippen LogP contribution in [0.3, 0.4) is 0 Å². The number of nitrogens with one attached hydrogen (secondary N) is 1. The lowest BCUT2D eigenvalue weighted by atomic mass is 10.0. The molecule has 71 valence electrons. The summed E-state index contributed by atoms with van der Waals surface area (Å²) in [6.45, 7) is 4.06. The second kappa shape index (κ2) is 3.47. The maximum atomic E-state index is 10.8. The summed E-state index contributed by atoms with van der Waals surface area (Å²) >= 11 is 0. The zero-order valence-corrected chi connectivity index (χ0v) is 8.43. The Morgan fingerprint density at radius 1 is 1.15 bits per heavy atom. The number of hydrogen-bond donors (Lipinski definition) is 0. The Hall–Kier alpha value is -0.870. The molecule has 0 unspecified atom stereocenters. The van der Waals surface area contributed by atoms with Crippen molar-refractivity contribution in [2.75, 3.05) is 0 Å². The van der Waals surface area contributed by atoms with E-state index in [2.05, 4.69) is 0 Å². The van der Waals surface area contributed by atoms with Gasteiger partial charge in [0.25, 0.3) is 10.0 Å². The van der Waals surface area contributed by atoms with Crippen LogP contribution in [0, 0.1) is 0 Å². The Kier molecular flexibility index (Phi) is 2.73. The lowest BCUT2D eigenvalue weighted by Gasteiger charge is -2.04. The Balaban J connectivity index is 3.08. The topological polar surface area (TPSA) is 57.9 Å². The van der Waals surface area contributed by atoms with Gasteiger partial charge in [0.15, 0.2) is 0 Å². The van der Waals surface area contributed by atoms with Crippen LogP contribution in [0.1, 0.15) is 25.3 Å². The van der Waals surface area contributed by atoms with Gasteiger partial charge >= 0.3 is 0 Å². The fourth-order valence-corrected chi connectivity index (χ4v) is 1.53. The molecule has 0 atom stereocenters. The summed E-state index contributed by atoms with van der Waals surface area (Å²) in [5.74, 6) is 0.377. The van der Waals surface area contributed by atoms with Crippen LogP contribution in [-0.2, 0) is 10.0 Å². The van der Waals surface area contributed by atoms with E-state index in [1.807, 2.05) is 13.8 Å². The molecule has 0 aliphatic rings. The number of benzene rings is 1. The van der Waals surface area contributed by atoms with E-state index in [0.717, 1.165) is 5.56 Å². The standard InChI is InChI=1S/C9H12NO2S/c1-7(2)8-3-5-9(6-4-8)13(10,11)12/h3-7,10H,1-2H3. The van der Waals surface area contributed by atoms with Gasteiger partial charge in [-0.1, -0.05) is 26.0 Å². The molecule has 0 fully saturated rings. The van der Waals surface area contributed by atoms with Crippen LogP contribution in [-0.4, -0.2) is 8.42 Å². The fraction of sp³-hybridized carbons (Fsp3) is 0.333. The van der Waals surface area contributed by atoms with Gasteiger partial charge in [-0.15, -0.1) is 5.14 Å². The molecule has 4 heteroatoms. The first-order valence-electron chi connectivity index (χ1n) is 4.01. The highest BCUT2D eigenvalue weighted by Gasteiger charge is 2.08. The van der Waals surface area contributed by atoms with Gasteiger partial charge in [0, 0.05) is 0 Å².